The molecule has 2 N–H and O–H groups in total. The molecule has 0 atom stereocenters. The van der Waals surface area contributed by atoms with Crippen molar-refractivity contribution in [3.05, 3.63) is 54.6 Å². The molecule has 0 saturated heterocycles. The molecule has 0 aliphatic heterocycles. The maximum atomic E-state index is 12.2. The smallest absolute Gasteiger partial charge is 0.251 e. The highest BCUT2D eigenvalue weighted by atomic mass is 16.2. The molecule has 0 unspecified atom stereocenters. The second-order valence-electron chi connectivity index (χ2n) is 6.36. The quantitative estimate of drug-likeness (QED) is 0.642. The number of benzene rings is 1. The van der Waals surface area contributed by atoms with Crippen LogP contribution in [0.4, 0.5) is 5.69 Å². The number of amides is 2. The fourth-order valence-electron chi connectivity index (χ4n) is 2.27. The molecular weight excluding hydrogens is 314 g/mol. The molecule has 5 heteroatoms. The van der Waals surface area contributed by atoms with Crippen molar-refractivity contribution in [3.63, 3.8) is 0 Å². The van der Waals surface area contributed by atoms with Gasteiger partial charge < -0.3 is 15.5 Å². The van der Waals surface area contributed by atoms with Crippen molar-refractivity contribution in [1.29, 1.82) is 0 Å². The summed E-state index contributed by atoms with van der Waals surface area (Å²) in [6.07, 6.45) is 3.38. The van der Waals surface area contributed by atoms with Gasteiger partial charge in [0.1, 0.15) is 0 Å². The van der Waals surface area contributed by atoms with E-state index in [0.717, 1.165) is 11.3 Å². The summed E-state index contributed by atoms with van der Waals surface area (Å²) in [5.74, 6) is 0.298. The SMILES string of the molecule is C=CCN(CC=C)C(=O)CNc1ccc(C(=O)NCC(C)C)cc1C. The summed E-state index contributed by atoms with van der Waals surface area (Å²) in [5.41, 5.74) is 2.38. The highest BCUT2D eigenvalue weighted by Crippen LogP contribution is 2.16. The fraction of sp³-hybridized carbons (Fsp3) is 0.400. The zero-order chi connectivity index (χ0) is 18.8. The first kappa shape index (κ1) is 20.5. The summed E-state index contributed by atoms with van der Waals surface area (Å²) >= 11 is 0. The Morgan fingerprint density at radius 3 is 2.36 bits per heavy atom. The van der Waals surface area contributed by atoms with E-state index in [9.17, 15) is 9.59 Å². The van der Waals surface area contributed by atoms with Crippen molar-refractivity contribution < 1.29 is 9.59 Å². The number of aryl methyl sites for hydroxylation is 1. The van der Waals surface area contributed by atoms with E-state index < -0.39 is 0 Å². The molecule has 1 rings (SSSR count). The van der Waals surface area contributed by atoms with Crippen LogP contribution in [0, 0.1) is 12.8 Å². The Kier molecular flexibility index (Phi) is 8.47. The molecule has 0 fully saturated rings. The molecule has 25 heavy (non-hydrogen) atoms. The molecule has 0 aliphatic carbocycles. The third-order valence-electron chi connectivity index (χ3n) is 3.64. The molecule has 5 nitrogen and oxygen atoms in total. The van der Waals surface area contributed by atoms with Gasteiger partial charge in [0.15, 0.2) is 0 Å². The largest absolute Gasteiger partial charge is 0.376 e. The van der Waals surface area contributed by atoms with E-state index >= 15 is 0 Å². The topological polar surface area (TPSA) is 61.4 Å². The average Bonchev–Trinajstić information content (AvgIpc) is 2.58. The molecule has 0 aromatic heterocycles. The first-order valence-corrected chi connectivity index (χ1v) is 8.51. The number of carbonyl (C=O) groups is 2. The number of hydrogen-bond acceptors (Lipinski definition) is 3. The number of anilines is 1. The van der Waals surface area contributed by atoms with Crippen LogP contribution in [0.2, 0.25) is 0 Å². The van der Waals surface area contributed by atoms with Gasteiger partial charge in [-0.2, -0.15) is 0 Å². The highest BCUT2D eigenvalue weighted by Gasteiger charge is 2.12. The van der Waals surface area contributed by atoms with Gasteiger partial charge in [0.05, 0.1) is 6.54 Å². The van der Waals surface area contributed by atoms with Gasteiger partial charge in [-0.3, -0.25) is 9.59 Å². The zero-order valence-corrected chi connectivity index (χ0v) is 15.5. The lowest BCUT2D eigenvalue weighted by Gasteiger charge is -2.20. The van der Waals surface area contributed by atoms with Gasteiger partial charge in [0.2, 0.25) is 5.91 Å². The summed E-state index contributed by atoms with van der Waals surface area (Å²) in [6, 6.07) is 5.42. The van der Waals surface area contributed by atoms with Crippen molar-refractivity contribution in [3.8, 4) is 0 Å². The average molecular weight is 343 g/mol. The standard InChI is InChI=1S/C20H29N3O2/c1-6-10-23(11-7-2)19(24)14-21-18-9-8-17(12-16(18)5)20(25)22-13-15(3)4/h6-9,12,15,21H,1-2,10-11,13-14H2,3-5H3,(H,22,25). The lowest BCUT2D eigenvalue weighted by Crippen LogP contribution is -2.35. The Hall–Kier alpha value is -2.56. The van der Waals surface area contributed by atoms with Crippen LogP contribution in [0.15, 0.2) is 43.5 Å². The van der Waals surface area contributed by atoms with Crippen molar-refractivity contribution in [2.24, 2.45) is 5.92 Å². The van der Waals surface area contributed by atoms with Crippen LogP contribution in [-0.4, -0.2) is 42.9 Å². The Balaban J connectivity index is 2.68. The molecule has 136 valence electrons. The number of rotatable bonds is 10. The fourth-order valence-corrected chi connectivity index (χ4v) is 2.27. The summed E-state index contributed by atoms with van der Waals surface area (Å²) in [7, 11) is 0. The molecule has 1 aromatic rings. The lowest BCUT2D eigenvalue weighted by molar-refractivity contribution is -0.128. The molecule has 0 heterocycles. The molecule has 0 saturated carbocycles. The maximum absolute atomic E-state index is 12.2. The Labute approximate surface area is 150 Å². The number of nitrogens with one attached hydrogen (secondary N) is 2. The number of nitrogens with zero attached hydrogens (tertiary/aromatic N) is 1. The second kappa shape index (κ2) is 10.3. The molecule has 0 radical (unpaired) electrons. The minimum atomic E-state index is -0.0810. The predicted octanol–water partition coefficient (Wildman–Crippen LogP) is 2.99. The van der Waals surface area contributed by atoms with Crippen molar-refractivity contribution in [2.75, 3.05) is 31.5 Å². The van der Waals surface area contributed by atoms with Crippen LogP contribution in [0.3, 0.4) is 0 Å². The minimum absolute atomic E-state index is 0.0297. The van der Waals surface area contributed by atoms with Crippen LogP contribution in [-0.2, 0) is 4.79 Å². The van der Waals surface area contributed by atoms with Gasteiger partial charge >= 0.3 is 0 Å². The van der Waals surface area contributed by atoms with E-state index in [1.54, 1.807) is 23.1 Å². The van der Waals surface area contributed by atoms with Crippen molar-refractivity contribution in [1.82, 2.24) is 10.2 Å². The van der Waals surface area contributed by atoms with Gasteiger partial charge in [-0.15, -0.1) is 13.2 Å². The Morgan fingerprint density at radius 1 is 1.20 bits per heavy atom. The summed E-state index contributed by atoms with van der Waals surface area (Å²) in [5, 5.41) is 6.03. The third kappa shape index (κ3) is 6.83. The van der Waals surface area contributed by atoms with Gasteiger partial charge in [-0.1, -0.05) is 26.0 Å². The minimum Gasteiger partial charge on any atom is -0.376 e. The van der Waals surface area contributed by atoms with Crippen molar-refractivity contribution >= 4 is 17.5 Å². The molecule has 1 aromatic carbocycles. The summed E-state index contributed by atoms with van der Waals surface area (Å²) in [4.78, 5) is 26.0. The van der Waals surface area contributed by atoms with Gasteiger partial charge in [0, 0.05) is 30.9 Å². The first-order chi connectivity index (χ1) is 11.9. The van der Waals surface area contributed by atoms with Crippen molar-refractivity contribution in [2.45, 2.75) is 20.8 Å². The molecule has 0 aliphatic rings. The second-order valence-corrected chi connectivity index (χ2v) is 6.36. The van der Waals surface area contributed by atoms with Gasteiger partial charge in [-0.05, 0) is 36.6 Å². The van der Waals surface area contributed by atoms with Crippen LogP contribution < -0.4 is 10.6 Å². The molecular formula is C20H29N3O2. The van der Waals surface area contributed by atoms with E-state index in [4.69, 9.17) is 0 Å². The van der Waals surface area contributed by atoms with Crippen LogP contribution >= 0.6 is 0 Å². The monoisotopic (exact) mass is 343 g/mol. The maximum Gasteiger partial charge on any atom is 0.251 e. The molecule has 2 amide bonds. The van der Waals surface area contributed by atoms with E-state index in [1.807, 2.05) is 19.1 Å². The predicted molar refractivity (Wildman–Crippen MR) is 104 cm³/mol. The highest BCUT2D eigenvalue weighted by molar-refractivity contribution is 5.95. The first-order valence-electron chi connectivity index (χ1n) is 8.51. The van der Waals surface area contributed by atoms with Crippen LogP contribution in [0.25, 0.3) is 0 Å². The summed E-state index contributed by atoms with van der Waals surface area (Å²) in [6.45, 7) is 15.1. The van der Waals surface area contributed by atoms with Gasteiger partial charge in [-0.25, -0.2) is 0 Å². The lowest BCUT2D eigenvalue weighted by atomic mass is 10.1. The Morgan fingerprint density at radius 2 is 1.84 bits per heavy atom. The van der Waals surface area contributed by atoms with E-state index in [0.29, 0.717) is 31.1 Å². The van der Waals surface area contributed by atoms with Crippen LogP contribution in [0.5, 0.6) is 0 Å². The molecule has 0 spiro atoms. The van der Waals surface area contributed by atoms with E-state index in [1.165, 1.54) is 0 Å². The van der Waals surface area contributed by atoms with E-state index in [-0.39, 0.29) is 18.4 Å². The van der Waals surface area contributed by atoms with Gasteiger partial charge in [0.25, 0.3) is 5.91 Å². The number of carbonyl (C=O) groups excluding carboxylic acids is 2. The van der Waals surface area contributed by atoms with Crippen LogP contribution in [0.1, 0.15) is 29.8 Å². The zero-order valence-electron chi connectivity index (χ0n) is 15.5. The third-order valence-corrected chi connectivity index (χ3v) is 3.64. The molecule has 0 bridgehead atoms. The number of hydrogen-bond donors (Lipinski definition) is 2. The normalized spacial score (nSPS) is 10.2. The van der Waals surface area contributed by atoms with E-state index in [2.05, 4.69) is 37.6 Å². The summed E-state index contributed by atoms with van der Waals surface area (Å²) < 4.78 is 0. The Bertz CT molecular complexity index is 613.